The van der Waals surface area contributed by atoms with Crippen molar-refractivity contribution in [1.82, 2.24) is 0 Å². The maximum absolute atomic E-state index is 13.8. The van der Waals surface area contributed by atoms with E-state index in [0.717, 1.165) is 43.7 Å². The third kappa shape index (κ3) is 6.28. The fourth-order valence-electron chi connectivity index (χ4n) is 4.35. The molecule has 0 atom stereocenters. The van der Waals surface area contributed by atoms with Crippen LogP contribution < -0.4 is 14.4 Å². The molecule has 1 amide bonds. The van der Waals surface area contributed by atoms with Crippen molar-refractivity contribution in [2.45, 2.75) is 41.5 Å². The number of amidine groups is 1. The van der Waals surface area contributed by atoms with Crippen molar-refractivity contribution in [2.75, 3.05) is 18.1 Å². The van der Waals surface area contributed by atoms with E-state index in [2.05, 4.69) is 41.9 Å². The highest BCUT2D eigenvalue weighted by Gasteiger charge is 2.35. The molecular weight excluding hydrogens is 548 g/mol. The van der Waals surface area contributed by atoms with Crippen molar-refractivity contribution in [1.29, 1.82) is 0 Å². The van der Waals surface area contributed by atoms with Gasteiger partial charge in [-0.25, -0.2) is 4.99 Å². The standard InChI is InChI=1S/C30H31BrN2O3S/c1-7-35-26-16-22(15-25(31)28(26)36-8-2)17-27-29(34)33(24-13-20(5)10-21(6)14-24)30(37-27)32-23-11-18(3)9-19(4)12-23/h9-17H,7-8H2,1-6H3/b27-17-,32-30?. The van der Waals surface area contributed by atoms with Gasteiger partial charge in [-0.3, -0.25) is 9.69 Å². The second-order valence-electron chi connectivity index (χ2n) is 9.03. The molecule has 3 aromatic rings. The molecular formula is C30H31BrN2O3S. The first-order valence-corrected chi connectivity index (χ1v) is 13.9. The van der Waals surface area contributed by atoms with Gasteiger partial charge in [-0.2, -0.15) is 0 Å². The Morgan fingerprint density at radius 1 is 0.865 bits per heavy atom. The minimum absolute atomic E-state index is 0.110. The molecule has 3 aromatic carbocycles. The van der Waals surface area contributed by atoms with Crippen LogP contribution in [-0.2, 0) is 4.79 Å². The topological polar surface area (TPSA) is 51.1 Å². The Morgan fingerprint density at radius 3 is 2.05 bits per heavy atom. The Morgan fingerprint density at radius 2 is 1.46 bits per heavy atom. The monoisotopic (exact) mass is 578 g/mol. The van der Waals surface area contributed by atoms with Crippen molar-refractivity contribution in [3.8, 4) is 11.5 Å². The Bertz CT molecular complexity index is 1370. The van der Waals surface area contributed by atoms with Crippen LogP contribution in [0.2, 0.25) is 0 Å². The van der Waals surface area contributed by atoms with E-state index in [4.69, 9.17) is 14.5 Å². The Labute approximate surface area is 231 Å². The number of carbonyl (C=O) groups excluding carboxylic acids is 1. The van der Waals surface area contributed by atoms with Gasteiger partial charge in [0.15, 0.2) is 16.7 Å². The van der Waals surface area contributed by atoms with Gasteiger partial charge < -0.3 is 9.47 Å². The van der Waals surface area contributed by atoms with Gasteiger partial charge in [-0.15, -0.1) is 0 Å². The number of rotatable bonds is 7. The lowest BCUT2D eigenvalue weighted by Gasteiger charge is -2.17. The van der Waals surface area contributed by atoms with Crippen LogP contribution in [0.3, 0.4) is 0 Å². The molecule has 5 nitrogen and oxygen atoms in total. The molecule has 0 unspecified atom stereocenters. The summed E-state index contributed by atoms with van der Waals surface area (Å²) in [5.41, 5.74) is 6.91. The number of thioether (sulfide) groups is 1. The van der Waals surface area contributed by atoms with Gasteiger partial charge in [0, 0.05) is 0 Å². The van der Waals surface area contributed by atoms with E-state index in [-0.39, 0.29) is 5.91 Å². The number of aryl methyl sites for hydroxylation is 4. The number of hydrogen-bond donors (Lipinski definition) is 0. The normalized spacial score (nSPS) is 15.6. The van der Waals surface area contributed by atoms with Gasteiger partial charge >= 0.3 is 0 Å². The lowest BCUT2D eigenvalue weighted by molar-refractivity contribution is -0.113. The zero-order valence-electron chi connectivity index (χ0n) is 22.0. The Kier molecular flexibility index (Phi) is 8.45. The molecule has 0 aromatic heterocycles. The quantitative estimate of drug-likeness (QED) is 0.264. The molecule has 1 heterocycles. The van der Waals surface area contributed by atoms with Gasteiger partial charge in [-0.1, -0.05) is 12.1 Å². The van der Waals surface area contributed by atoms with Crippen molar-refractivity contribution in [3.63, 3.8) is 0 Å². The number of nitrogens with zero attached hydrogens (tertiary/aromatic N) is 2. The average Bonchev–Trinajstić information content (AvgIpc) is 3.09. The molecule has 192 valence electrons. The van der Waals surface area contributed by atoms with E-state index in [0.29, 0.717) is 34.8 Å². The predicted octanol–water partition coefficient (Wildman–Crippen LogP) is 8.29. The summed E-state index contributed by atoms with van der Waals surface area (Å²) < 4.78 is 12.4. The first kappa shape index (κ1) is 27.0. The van der Waals surface area contributed by atoms with E-state index in [1.54, 1.807) is 4.90 Å². The van der Waals surface area contributed by atoms with Crippen molar-refractivity contribution >= 4 is 56.2 Å². The van der Waals surface area contributed by atoms with E-state index < -0.39 is 0 Å². The van der Waals surface area contributed by atoms with E-state index in [1.807, 2.05) is 70.2 Å². The molecule has 1 aliphatic heterocycles. The fraction of sp³-hybridized carbons (Fsp3) is 0.267. The zero-order chi connectivity index (χ0) is 26.7. The fourth-order valence-corrected chi connectivity index (χ4v) is 5.93. The van der Waals surface area contributed by atoms with Crippen LogP contribution in [0, 0.1) is 27.7 Å². The van der Waals surface area contributed by atoms with Crippen molar-refractivity contribution in [2.24, 2.45) is 4.99 Å². The van der Waals surface area contributed by atoms with E-state index in [9.17, 15) is 4.79 Å². The highest BCUT2D eigenvalue weighted by molar-refractivity contribution is 9.10. The van der Waals surface area contributed by atoms with Gasteiger partial charge in [0.1, 0.15) is 0 Å². The molecule has 1 aliphatic rings. The number of amides is 1. The minimum Gasteiger partial charge on any atom is -0.490 e. The zero-order valence-corrected chi connectivity index (χ0v) is 24.4. The molecule has 4 rings (SSSR count). The van der Waals surface area contributed by atoms with Gasteiger partial charge in [-0.05, 0) is 140 Å². The van der Waals surface area contributed by atoms with Crippen LogP contribution in [0.1, 0.15) is 41.7 Å². The summed E-state index contributed by atoms with van der Waals surface area (Å²) in [5, 5.41) is 0.626. The lowest BCUT2D eigenvalue weighted by atomic mass is 10.1. The SMILES string of the molecule is CCOc1cc(/C=C2\SC(=Nc3cc(C)cc(C)c3)N(c3cc(C)cc(C)c3)C2=O)cc(Br)c1OCC. The van der Waals surface area contributed by atoms with E-state index in [1.165, 1.54) is 11.8 Å². The molecule has 1 saturated heterocycles. The highest BCUT2D eigenvalue weighted by Crippen LogP contribution is 2.41. The number of halogens is 1. The number of aliphatic imine (C=N–C) groups is 1. The molecule has 0 spiro atoms. The molecule has 7 heteroatoms. The van der Waals surface area contributed by atoms with Crippen LogP contribution in [0.25, 0.3) is 6.08 Å². The average molecular weight is 580 g/mol. The van der Waals surface area contributed by atoms with Crippen LogP contribution in [0.4, 0.5) is 11.4 Å². The summed E-state index contributed by atoms with van der Waals surface area (Å²) in [6.07, 6.45) is 1.88. The smallest absolute Gasteiger partial charge is 0.271 e. The van der Waals surface area contributed by atoms with Crippen LogP contribution in [0.5, 0.6) is 11.5 Å². The molecule has 0 saturated carbocycles. The summed E-state index contributed by atoms with van der Waals surface area (Å²) in [6, 6.07) is 16.2. The highest BCUT2D eigenvalue weighted by atomic mass is 79.9. The Balaban J connectivity index is 1.82. The summed E-state index contributed by atoms with van der Waals surface area (Å²) in [6.45, 7) is 13.1. The van der Waals surface area contributed by atoms with Crippen LogP contribution in [0.15, 0.2) is 62.9 Å². The molecule has 0 aliphatic carbocycles. The lowest BCUT2D eigenvalue weighted by Crippen LogP contribution is -2.28. The van der Waals surface area contributed by atoms with Crippen LogP contribution in [-0.4, -0.2) is 24.3 Å². The molecule has 37 heavy (non-hydrogen) atoms. The molecule has 0 bridgehead atoms. The molecule has 0 radical (unpaired) electrons. The minimum atomic E-state index is -0.110. The first-order valence-electron chi connectivity index (χ1n) is 12.3. The molecule has 1 fully saturated rings. The maximum Gasteiger partial charge on any atom is 0.271 e. The number of ether oxygens (including phenoxy) is 2. The number of benzene rings is 3. The second-order valence-corrected chi connectivity index (χ2v) is 10.9. The van der Waals surface area contributed by atoms with Gasteiger partial charge in [0.05, 0.1) is 34.0 Å². The number of carbonyl (C=O) groups is 1. The summed E-state index contributed by atoms with van der Waals surface area (Å²) in [7, 11) is 0. The third-order valence-corrected chi connectivity index (χ3v) is 7.18. The third-order valence-electron chi connectivity index (χ3n) is 5.62. The predicted molar refractivity (Wildman–Crippen MR) is 158 cm³/mol. The Hall–Kier alpha value is -3.03. The summed E-state index contributed by atoms with van der Waals surface area (Å²) in [4.78, 5) is 21.0. The van der Waals surface area contributed by atoms with E-state index >= 15 is 0 Å². The maximum atomic E-state index is 13.8. The van der Waals surface area contributed by atoms with Crippen LogP contribution >= 0.6 is 27.7 Å². The summed E-state index contributed by atoms with van der Waals surface area (Å²) >= 11 is 4.98. The van der Waals surface area contributed by atoms with Gasteiger partial charge in [0.2, 0.25) is 0 Å². The summed E-state index contributed by atoms with van der Waals surface area (Å²) in [5.74, 6) is 1.18. The first-order chi connectivity index (χ1) is 17.7. The largest absolute Gasteiger partial charge is 0.490 e. The van der Waals surface area contributed by atoms with Crippen molar-refractivity contribution < 1.29 is 14.3 Å². The number of anilines is 1. The van der Waals surface area contributed by atoms with Crippen molar-refractivity contribution in [3.05, 3.63) is 85.7 Å². The second kappa shape index (κ2) is 11.6. The molecule has 0 N–H and O–H groups in total. The van der Waals surface area contributed by atoms with Gasteiger partial charge in [0.25, 0.3) is 5.91 Å². The number of hydrogen-bond acceptors (Lipinski definition) is 5.